The predicted octanol–water partition coefficient (Wildman–Crippen LogP) is 0.794. The van der Waals surface area contributed by atoms with Crippen molar-refractivity contribution in [1.29, 1.82) is 0 Å². The normalized spacial score (nSPS) is 14.6. The molecule has 0 aliphatic heterocycles. The van der Waals surface area contributed by atoms with Crippen LogP contribution in [0, 0.1) is 0 Å². The Bertz CT molecular complexity index is 626. The highest BCUT2D eigenvalue weighted by molar-refractivity contribution is 5.41. The van der Waals surface area contributed by atoms with Crippen LogP contribution in [0.2, 0.25) is 0 Å². The van der Waals surface area contributed by atoms with Crippen LogP contribution in [0.15, 0.2) is 29.3 Å². The summed E-state index contributed by atoms with van der Waals surface area (Å²) >= 11 is 0. The molecule has 2 aromatic heterocycles. The zero-order valence-electron chi connectivity index (χ0n) is 10.9. The average Bonchev–Trinajstić information content (AvgIpc) is 3.10. The lowest BCUT2D eigenvalue weighted by atomic mass is 10.3. The quantitative estimate of drug-likeness (QED) is 0.862. The van der Waals surface area contributed by atoms with Crippen LogP contribution in [0.4, 0.5) is 5.69 Å². The Morgan fingerprint density at radius 1 is 1.42 bits per heavy atom. The Kier molecular flexibility index (Phi) is 3.06. The Hall–Kier alpha value is -2.11. The molecule has 0 radical (unpaired) electrons. The van der Waals surface area contributed by atoms with Gasteiger partial charge in [0.1, 0.15) is 0 Å². The Balaban J connectivity index is 1.67. The van der Waals surface area contributed by atoms with E-state index in [4.69, 9.17) is 0 Å². The van der Waals surface area contributed by atoms with E-state index >= 15 is 0 Å². The van der Waals surface area contributed by atoms with E-state index in [-0.39, 0.29) is 5.56 Å². The SMILES string of the molecule is Cn1nccc1CCn1ncc(NC2CC2)cc1=O. The molecule has 1 fully saturated rings. The van der Waals surface area contributed by atoms with Crippen LogP contribution >= 0.6 is 0 Å². The molecule has 1 aliphatic carbocycles. The summed E-state index contributed by atoms with van der Waals surface area (Å²) in [4.78, 5) is 11.9. The van der Waals surface area contributed by atoms with Gasteiger partial charge in [-0.25, -0.2) is 4.68 Å². The van der Waals surface area contributed by atoms with E-state index in [9.17, 15) is 4.79 Å². The van der Waals surface area contributed by atoms with E-state index in [2.05, 4.69) is 15.5 Å². The monoisotopic (exact) mass is 259 g/mol. The zero-order chi connectivity index (χ0) is 13.2. The molecular weight excluding hydrogens is 242 g/mol. The van der Waals surface area contributed by atoms with Gasteiger partial charge in [0.2, 0.25) is 0 Å². The third kappa shape index (κ3) is 2.83. The molecule has 0 spiro atoms. The van der Waals surface area contributed by atoms with Crippen molar-refractivity contribution in [1.82, 2.24) is 19.6 Å². The molecule has 3 rings (SSSR count). The van der Waals surface area contributed by atoms with Crippen molar-refractivity contribution in [2.45, 2.75) is 31.8 Å². The summed E-state index contributed by atoms with van der Waals surface area (Å²) in [5.74, 6) is 0. The van der Waals surface area contributed by atoms with Gasteiger partial charge in [-0.2, -0.15) is 10.2 Å². The first-order valence-corrected chi connectivity index (χ1v) is 6.53. The standard InChI is InChI=1S/C13H17N5O/c1-17-12(4-6-14-17)5-7-18-13(19)8-11(9-15-18)16-10-2-3-10/h4,6,8-10,16H,2-3,5,7H2,1H3. The van der Waals surface area contributed by atoms with Gasteiger partial charge < -0.3 is 5.32 Å². The van der Waals surface area contributed by atoms with Crippen LogP contribution in [-0.4, -0.2) is 25.6 Å². The van der Waals surface area contributed by atoms with Crippen molar-refractivity contribution in [3.05, 3.63) is 40.6 Å². The minimum atomic E-state index is -0.0622. The fourth-order valence-corrected chi connectivity index (χ4v) is 2.01. The first-order valence-electron chi connectivity index (χ1n) is 6.53. The summed E-state index contributed by atoms with van der Waals surface area (Å²) in [5.41, 5.74) is 1.85. The van der Waals surface area contributed by atoms with Gasteiger partial charge in [-0.1, -0.05) is 0 Å². The molecule has 19 heavy (non-hydrogen) atoms. The van der Waals surface area contributed by atoms with E-state index in [1.54, 1.807) is 18.5 Å². The molecule has 0 atom stereocenters. The second-order valence-corrected chi connectivity index (χ2v) is 4.92. The summed E-state index contributed by atoms with van der Waals surface area (Å²) in [7, 11) is 1.90. The smallest absolute Gasteiger partial charge is 0.268 e. The molecule has 100 valence electrons. The molecule has 2 aromatic rings. The third-order valence-electron chi connectivity index (χ3n) is 3.32. The maximum atomic E-state index is 11.9. The molecule has 1 aliphatic rings. The lowest BCUT2D eigenvalue weighted by Crippen LogP contribution is -2.24. The van der Waals surface area contributed by atoms with E-state index in [0.29, 0.717) is 12.6 Å². The van der Waals surface area contributed by atoms with Gasteiger partial charge in [0.05, 0.1) is 18.4 Å². The van der Waals surface area contributed by atoms with Gasteiger partial charge in [-0.15, -0.1) is 0 Å². The van der Waals surface area contributed by atoms with Crippen molar-refractivity contribution >= 4 is 5.69 Å². The first kappa shape index (κ1) is 12.0. The molecule has 0 bridgehead atoms. The number of hydrogen-bond acceptors (Lipinski definition) is 4. The van der Waals surface area contributed by atoms with Crippen molar-refractivity contribution in [2.75, 3.05) is 5.32 Å². The fourth-order valence-electron chi connectivity index (χ4n) is 2.01. The molecule has 0 aromatic carbocycles. The van der Waals surface area contributed by atoms with E-state index in [0.717, 1.165) is 17.8 Å². The molecule has 6 heteroatoms. The number of rotatable bonds is 5. The van der Waals surface area contributed by atoms with Crippen molar-refractivity contribution in [3.8, 4) is 0 Å². The van der Waals surface area contributed by atoms with E-state index in [1.165, 1.54) is 17.5 Å². The molecule has 0 saturated heterocycles. The van der Waals surface area contributed by atoms with E-state index < -0.39 is 0 Å². The summed E-state index contributed by atoms with van der Waals surface area (Å²) in [6.07, 6.45) is 6.60. The second-order valence-electron chi connectivity index (χ2n) is 4.92. The average molecular weight is 259 g/mol. The van der Waals surface area contributed by atoms with Crippen LogP contribution in [-0.2, 0) is 20.0 Å². The van der Waals surface area contributed by atoms with Crippen LogP contribution in [0.1, 0.15) is 18.5 Å². The minimum Gasteiger partial charge on any atom is -0.381 e. The number of aryl methyl sites for hydroxylation is 3. The van der Waals surface area contributed by atoms with Gasteiger partial charge in [0.25, 0.3) is 5.56 Å². The Labute approximate surface area is 111 Å². The number of anilines is 1. The number of nitrogens with one attached hydrogen (secondary N) is 1. The van der Waals surface area contributed by atoms with Crippen LogP contribution in [0.5, 0.6) is 0 Å². The number of nitrogens with zero attached hydrogens (tertiary/aromatic N) is 4. The maximum Gasteiger partial charge on any atom is 0.268 e. The number of aromatic nitrogens is 4. The van der Waals surface area contributed by atoms with Crippen LogP contribution in [0.3, 0.4) is 0 Å². The Morgan fingerprint density at radius 2 is 2.26 bits per heavy atom. The summed E-state index contributed by atoms with van der Waals surface area (Å²) in [6, 6.07) is 4.11. The highest BCUT2D eigenvalue weighted by Crippen LogP contribution is 2.23. The molecule has 1 N–H and O–H groups in total. The van der Waals surface area contributed by atoms with Gasteiger partial charge in [-0.05, 0) is 18.9 Å². The molecule has 2 heterocycles. The third-order valence-corrected chi connectivity index (χ3v) is 3.32. The van der Waals surface area contributed by atoms with Gasteiger partial charge >= 0.3 is 0 Å². The highest BCUT2D eigenvalue weighted by Gasteiger charge is 2.21. The van der Waals surface area contributed by atoms with Gasteiger partial charge in [0, 0.05) is 37.5 Å². The van der Waals surface area contributed by atoms with Crippen molar-refractivity contribution in [3.63, 3.8) is 0 Å². The van der Waals surface area contributed by atoms with Crippen LogP contribution in [0.25, 0.3) is 0 Å². The van der Waals surface area contributed by atoms with Crippen molar-refractivity contribution < 1.29 is 0 Å². The zero-order valence-corrected chi connectivity index (χ0v) is 10.9. The highest BCUT2D eigenvalue weighted by atomic mass is 16.1. The fraction of sp³-hybridized carbons (Fsp3) is 0.462. The molecule has 6 nitrogen and oxygen atoms in total. The predicted molar refractivity (Wildman–Crippen MR) is 72.1 cm³/mol. The molecule has 0 amide bonds. The Morgan fingerprint density at radius 3 is 2.89 bits per heavy atom. The molecule has 0 unspecified atom stereocenters. The lowest BCUT2D eigenvalue weighted by molar-refractivity contribution is 0.558. The van der Waals surface area contributed by atoms with Crippen LogP contribution < -0.4 is 10.9 Å². The van der Waals surface area contributed by atoms with Crippen molar-refractivity contribution in [2.24, 2.45) is 7.05 Å². The molecule has 1 saturated carbocycles. The summed E-state index contributed by atoms with van der Waals surface area (Å²) in [5, 5.41) is 11.6. The first-order chi connectivity index (χ1) is 9.22. The topological polar surface area (TPSA) is 64.7 Å². The number of hydrogen-bond donors (Lipinski definition) is 1. The summed E-state index contributed by atoms with van der Waals surface area (Å²) < 4.78 is 3.30. The maximum absolute atomic E-state index is 11.9. The van der Waals surface area contributed by atoms with E-state index in [1.807, 2.05) is 17.8 Å². The largest absolute Gasteiger partial charge is 0.381 e. The second kappa shape index (κ2) is 4.87. The minimum absolute atomic E-state index is 0.0622. The molecular formula is C13H17N5O. The van der Waals surface area contributed by atoms with Gasteiger partial charge in [-0.3, -0.25) is 9.48 Å². The van der Waals surface area contributed by atoms with Gasteiger partial charge in [0.15, 0.2) is 0 Å². The lowest BCUT2D eigenvalue weighted by Gasteiger charge is -2.07. The summed E-state index contributed by atoms with van der Waals surface area (Å²) in [6.45, 7) is 0.572.